The Morgan fingerprint density at radius 1 is 1.20 bits per heavy atom. The van der Waals surface area contributed by atoms with Crippen LogP contribution in [0.3, 0.4) is 0 Å². The van der Waals surface area contributed by atoms with Gasteiger partial charge in [0.25, 0.3) is 0 Å². The van der Waals surface area contributed by atoms with E-state index in [1.54, 1.807) is 11.3 Å². The van der Waals surface area contributed by atoms with Gasteiger partial charge in [0.15, 0.2) is 0 Å². The summed E-state index contributed by atoms with van der Waals surface area (Å²) in [5.41, 5.74) is 3.45. The molecule has 5 heteroatoms. The second-order valence-electron chi connectivity index (χ2n) is 7.91. The first-order valence-electron chi connectivity index (χ1n) is 10.4. The lowest BCUT2D eigenvalue weighted by Gasteiger charge is -2.37. The number of ether oxygens (including phenoxy) is 1. The van der Waals surface area contributed by atoms with Crippen molar-refractivity contribution in [3.8, 4) is 5.75 Å². The number of piperidine rings is 1. The van der Waals surface area contributed by atoms with E-state index in [2.05, 4.69) is 41.5 Å². The van der Waals surface area contributed by atoms with Crippen LogP contribution in [0.4, 0.5) is 0 Å². The van der Waals surface area contributed by atoms with Gasteiger partial charge in [-0.25, -0.2) is 0 Å². The molecule has 2 heterocycles. The maximum Gasteiger partial charge on any atom is 0.307 e. The fraction of sp³-hybridized carbons (Fsp3) is 0.320. The molecule has 1 aliphatic heterocycles. The van der Waals surface area contributed by atoms with Crippen molar-refractivity contribution in [3.63, 3.8) is 0 Å². The zero-order valence-corrected chi connectivity index (χ0v) is 18.0. The summed E-state index contributed by atoms with van der Waals surface area (Å²) < 4.78 is 6.26. The fourth-order valence-electron chi connectivity index (χ4n) is 4.14. The molecule has 3 aromatic rings. The highest BCUT2D eigenvalue weighted by Gasteiger charge is 2.33. The number of rotatable bonds is 7. The monoisotopic (exact) mass is 421 g/mol. The molecule has 0 radical (unpaired) electrons. The largest absolute Gasteiger partial charge is 0.489 e. The Kier molecular flexibility index (Phi) is 6.50. The number of hydrogen-bond donors (Lipinski definition) is 1. The van der Waals surface area contributed by atoms with E-state index in [0.29, 0.717) is 13.2 Å². The van der Waals surface area contributed by atoms with E-state index in [0.717, 1.165) is 36.3 Å². The number of carboxylic acid groups (broad SMARTS) is 1. The molecule has 0 spiro atoms. The van der Waals surface area contributed by atoms with E-state index in [4.69, 9.17) is 4.74 Å². The average molecular weight is 422 g/mol. The van der Waals surface area contributed by atoms with Crippen LogP contribution in [0.2, 0.25) is 0 Å². The summed E-state index contributed by atoms with van der Waals surface area (Å²) in [6.45, 7) is 4.05. The third-order valence-electron chi connectivity index (χ3n) is 5.64. The Balaban J connectivity index is 1.66. The van der Waals surface area contributed by atoms with Crippen LogP contribution in [0.25, 0.3) is 0 Å². The van der Waals surface area contributed by atoms with Crippen molar-refractivity contribution in [3.05, 3.63) is 87.6 Å². The van der Waals surface area contributed by atoms with E-state index >= 15 is 0 Å². The van der Waals surface area contributed by atoms with Crippen LogP contribution in [0.15, 0.2) is 66.0 Å². The molecular weight excluding hydrogens is 394 g/mol. The summed E-state index contributed by atoms with van der Waals surface area (Å²) in [7, 11) is 0. The second kappa shape index (κ2) is 9.45. The van der Waals surface area contributed by atoms with Gasteiger partial charge in [-0.15, -0.1) is 11.3 Å². The van der Waals surface area contributed by atoms with E-state index < -0.39 is 5.97 Å². The van der Waals surface area contributed by atoms with Crippen molar-refractivity contribution < 1.29 is 14.6 Å². The van der Waals surface area contributed by atoms with Crippen molar-refractivity contribution in [2.75, 3.05) is 13.1 Å². The van der Waals surface area contributed by atoms with Crippen LogP contribution in [0.5, 0.6) is 5.75 Å². The Morgan fingerprint density at radius 3 is 2.70 bits per heavy atom. The molecule has 1 saturated heterocycles. The van der Waals surface area contributed by atoms with Gasteiger partial charge >= 0.3 is 5.97 Å². The van der Waals surface area contributed by atoms with Crippen LogP contribution in [-0.2, 0) is 11.4 Å². The van der Waals surface area contributed by atoms with Gasteiger partial charge in [-0.3, -0.25) is 9.69 Å². The highest BCUT2D eigenvalue weighted by Crippen LogP contribution is 2.39. The summed E-state index contributed by atoms with van der Waals surface area (Å²) in [6.07, 6.45) is 1.64. The van der Waals surface area contributed by atoms with E-state index in [-0.39, 0.29) is 12.0 Å². The topological polar surface area (TPSA) is 49.8 Å². The molecule has 1 aromatic heterocycles. The van der Waals surface area contributed by atoms with Gasteiger partial charge in [0.2, 0.25) is 0 Å². The van der Waals surface area contributed by atoms with Gasteiger partial charge in [0.05, 0.1) is 12.0 Å². The summed E-state index contributed by atoms with van der Waals surface area (Å²) in [5, 5.41) is 11.8. The zero-order chi connectivity index (χ0) is 20.9. The quantitative estimate of drug-likeness (QED) is 0.546. The van der Waals surface area contributed by atoms with Crippen LogP contribution in [0.1, 0.15) is 40.5 Å². The molecule has 0 amide bonds. The maximum absolute atomic E-state index is 11.7. The number of nitrogens with zero attached hydrogens (tertiary/aromatic N) is 1. The smallest absolute Gasteiger partial charge is 0.307 e. The molecule has 2 atom stereocenters. The standard InChI is InChI=1S/C25H27NO3S/c1-18-14-23(30-17-18)24(26-13-7-10-20(15-26)25(27)28)21-11-5-6-12-22(21)29-16-19-8-3-2-4-9-19/h2-6,8-9,11-12,14,17,20,24H,7,10,13,15-16H2,1H3,(H,27,28). The lowest BCUT2D eigenvalue weighted by molar-refractivity contribution is -0.143. The molecular formula is C25H27NO3S. The Morgan fingerprint density at radius 2 is 1.97 bits per heavy atom. The summed E-state index contributed by atoms with van der Waals surface area (Å²) in [5.74, 6) is -0.163. The van der Waals surface area contributed by atoms with Gasteiger partial charge in [-0.1, -0.05) is 48.5 Å². The van der Waals surface area contributed by atoms with Crippen LogP contribution >= 0.6 is 11.3 Å². The van der Waals surface area contributed by atoms with Crippen molar-refractivity contribution in [2.45, 2.75) is 32.4 Å². The number of hydrogen-bond acceptors (Lipinski definition) is 4. The molecule has 0 bridgehead atoms. The van der Waals surface area contributed by atoms with Crippen molar-refractivity contribution >= 4 is 17.3 Å². The minimum atomic E-state index is -0.700. The number of benzene rings is 2. The third kappa shape index (κ3) is 4.74. The third-order valence-corrected chi connectivity index (χ3v) is 6.74. The number of aryl methyl sites for hydroxylation is 1. The summed E-state index contributed by atoms with van der Waals surface area (Å²) >= 11 is 1.73. The first kappa shape index (κ1) is 20.6. The molecule has 0 saturated carbocycles. The Bertz CT molecular complexity index is 985. The number of para-hydroxylation sites is 1. The molecule has 1 aliphatic rings. The number of carbonyl (C=O) groups is 1. The molecule has 30 heavy (non-hydrogen) atoms. The lowest BCUT2D eigenvalue weighted by atomic mass is 9.93. The van der Waals surface area contributed by atoms with Crippen molar-refractivity contribution in [1.29, 1.82) is 0 Å². The first-order valence-corrected chi connectivity index (χ1v) is 11.3. The lowest BCUT2D eigenvalue weighted by Crippen LogP contribution is -2.41. The molecule has 1 fully saturated rings. The minimum Gasteiger partial charge on any atom is -0.489 e. The molecule has 2 aromatic carbocycles. The fourth-order valence-corrected chi connectivity index (χ4v) is 5.19. The Hall–Kier alpha value is -2.63. The van der Waals surface area contributed by atoms with Gasteiger partial charge in [-0.2, -0.15) is 0 Å². The highest BCUT2D eigenvalue weighted by molar-refractivity contribution is 7.10. The maximum atomic E-state index is 11.7. The van der Waals surface area contributed by atoms with E-state index in [1.807, 2.05) is 36.4 Å². The minimum absolute atomic E-state index is 0.00202. The van der Waals surface area contributed by atoms with Gasteiger partial charge in [0, 0.05) is 17.0 Å². The second-order valence-corrected chi connectivity index (χ2v) is 8.86. The van der Waals surface area contributed by atoms with Crippen molar-refractivity contribution in [2.24, 2.45) is 5.92 Å². The first-order chi connectivity index (χ1) is 14.6. The SMILES string of the molecule is Cc1csc(C(c2ccccc2OCc2ccccc2)N2CCCC(C(=O)O)C2)c1. The van der Waals surface area contributed by atoms with E-state index in [9.17, 15) is 9.90 Å². The molecule has 0 aliphatic carbocycles. The number of aliphatic carboxylic acids is 1. The molecule has 2 unspecified atom stereocenters. The predicted molar refractivity (Wildman–Crippen MR) is 120 cm³/mol. The van der Waals surface area contributed by atoms with E-state index in [1.165, 1.54) is 10.4 Å². The van der Waals surface area contributed by atoms with Crippen LogP contribution < -0.4 is 4.74 Å². The van der Waals surface area contributed by atoms with Crippen molar-refractivity contribution in [1.82, 2.24) is 4.90 Å². The van der Waals surface area contributed by atoms with Gasteiger partial charge < -0.3 is 9.84 Å². The molecule has 4 rings (SSSR count). The van der Waals surface area contributed by atoms with Crippen LogP contribution in [-0.4, -0.2) is 29.1 Å². The summed E-state index contributed by atoms with van der Waals surface area (Å²) in [4.78, 5) is 15.2. The average Bonchev–Trinajstić information content (AvgIpc) is 3.20. The summed E-state index contributed by atoms with van der Waals surface area (Å²) in [6, 6.07) is 20.5. The molecule has 156 valence electrons. The number of carboxylic acids is 1. The number of likely N-dealkylation sites (tertiary alicyclic amines) is 1. The Labute approximate surface area is 181 Å². The highest BCUT2D eigenvalue weighted by atomic mass is 32.1. The zero-order valence-electron chi connectivity index (χ0n) is 17.2. The predicted octanol–water partition coefficient (Wildman–Crippen LogP) is 5.52. The normalized spacial score (nSPS) is 18.1. The molecule has 4 nitrogen and oxygen atoms in total. The van der Waals surface area contributed by atoms with Gasteiger partial charge in [0.1, 0.15) is 12.4 Å². The van der Waals surface area contributed by atoms with Crippen LogP contribution in [0, 0.1) is 12.8 Å². The van der Waals surface area contributed by atoms with Gasteiger partial charge in [-0.05, 0) is 54.9 Å². The molecule has 1 N–H and O–H groups in total. The number of thiophene rings is 1.